The molecule has 3 heteroatoms. The van der Waals surface area contributed by atoms with Crippen LogP contribution in [0.15, 0.2) is 0 Å². The van der Waals surface area contributed by atoms with E-state index >= 15 is 0 Å². The molecule has 0 aliphatic carbocycles. The zero-order valence-corrected chi connectivity index (χ0v) is 9.22. The van der Waals surface area contributed by atoms with Crippen LogP contribution >= 0.6 is 11.6 Å². The van der Waals surface area contributed by atoms with Crippen molar-refractivity contribution in [2.75, 3.05) is 12.5 Å². The normalized spacial score (nSPS) is 34.8. The minimum Gasteiger partial charge on any atom is -0.378 e. The molecule has 78 valence electrons. The SMILES string of the molecule is CC1CC(OCCCCl)CC(C)O1. The lowest BCUT2D eigenvalue weighted by atomic mass is 10.0. The van der Waals surface area contributed by atoms with E-state index in [-0.39, 0.29) is 0 Å². The quantitative estimate of drug-likeness (QED) is 0.520. The van der Waals surface area contributed by atoms with Gasteiger partial charge in [0.15, 0.2) is 0 Å². The van der Waals surface area contributed by atoms with Gasteiger partial charge in [0.25, 0.3) is 0 Å². The predicted octanol–water partition coefficient (Wildman–Crippen LogP) is 2.59. The molecule has 1 saturated heterocycles. The summed E-state index contributed by atoms with van der Waals surface area (Å²) in [5.41, 5.74) is 0. The van der Waals surface area contributed by atoms with E-state index < -0.39 is 0 Å². The van der Waals surface area contributed by atoms with E-state index in [9.17, 15) is 0 Å². The Bertz CT molecular complexity index is 131. The Morgan fingerprint density at radius 3 is 2.46 bits per heavy atom. The standard InChI is InChI=1S/C10H19ClO2/c1-8-6-10(7-9(2)13-8)12-5-3-4-11/h8-10H,3-7H2,1-2H3. The van der Waals surface area contributed by atoms with E-state index in [4.69, 9.17) is 21.1 Å². The number of hydrogen-bond donors (Lipinski definition) is 0. The summed E-state index contributed by atoms with van der Waals surface area (Å²) in [6.45, 7) is 4.99. The van der Waals surface area contributed by atoms with Crippen molar-refractivity contribution >= 4 is 11.6 Å². The molecule has 1 rings (SSSR count). The van der Waals surface area contributed by atoms with Gasteiger partial charge in [-0.05, 0) is 33.1 Å². The monoisotopic (exact) mass is 206 g/mol. The van der Waals surface area contributed by atoms with Gasteiger partial charge < -0.3 is 9.47 Å². The summed E-state index contributed by atoms with van der Waals surface area (Å²) in [5.74, 6) is 0.689. The van der Waals surface area contributed by atoms with E-state index in [1.165, 1.54) is 0 Å². The summed E-state index contributed by atoms with van der Waals surface area (Å²) in [4.78, 5) is 0. The molecule has 2 unspecified atom stereocenters. The Kier molecular flexibility index (Phi) is 5.07. The van der Waals surface area contributed by atoms with Crippen LogP contribution in [-0.2, 0) is 9.47 Å². The first-order chi connectivity index (χ1) is 6.22. The highest BCUT2D eigenvalue weighted by molar-refractivity contribution is 6.17. The smallest absolute Gasteiger partial charge is 0.0624 e. The van der Waals surface area contributed by atoms with Crippen molar-refractivity contribution in [1.82, 2.24) is 0 Å². The van der Waals surface area contributed by atoms with Gasteiger partial charge in [0.05, 0.1) is 18.3 Å². The highest BCUT2D eigenvalue weighted by atomic mass is 35.5. The van der Waals surface area contributed by atoms with Crippen molar-refractivity contribution in [3.8, 4) is 0 Å². The van der Waals surface area contributed by atoms with Gasteiger partial charge in [-0.25, -0.2) is 0 Å². The number of alkyl halides is 1. The Hall–Kier alpha value is 0.210. The van der Waals surface area contributed by atoms with Crippen LogP contribution < -0.4 is 0 Å². The van der Waals surface area contributed by atoms with Gasteiger partial charge in [0, 0.05) is 12.5 Å². The molecule has 1 fully saturated rings. The highest BCUT2D eigenvalue weighted by Gasteiger charge is 2.24. The first kappa shape index (κ1) is 11.3. The molecule has 2 nitrogen and oxygen atoms in total. The third kappa shape index (κ3) is 4.30. The molecule has 2 atom stereocenters. The fourth-order valence-corrected chi connectivity index (χ4v) is 1.89. The summed E-state index contributed by atoms with van der Waals surface area (Å²) >= 11 is 5.57. The summed E-state index contributed by atoms with van der Waals surface area (Å²) in [5, 5.41) is 0. The first-order valence-corrected chi connectivity index (χ1v) is 5.59. The van der Waals surface area contributed by atoms with Crippen LogP contribution in [0.1, 0.15) is 33.1 Å². The van der Waals surface area contributed by atoms with Crippen LogP contribution in [0, 0.1) is 0 Å². The molecule has 0 N–H and O–H groups in total. The number of halogens is 1. The lowest BCUT2D eigenvalue weighted by Gasteiger charge is -2.31. The molecule has 0 aromatic rings. The van der Waals surface area contributed by atoms with Crippen LogP contribution in [0.4, 0.5) is 0 Å². The van der Waals surface area contributed by atoms with Crippen molar-refractivity contribution in [3.63, 3.8) is 0 Å². The second-order valence-electron chi connectivity index (χ2n) is 3.76. The van der Waals surface area contributed by atoms with Crippen LogP contribution in [0.2, 0.25) is 0 Å². The number of hydrogen-bond acceptors (Lipinski definition) is 2. The number of rotatable bonds is 4. The summed E-state index contributed by atoms with van der Waals surface area (Å²) in [6, 6.07) is 0. The average molecular weight is 207 g/mol. The number of ether oxygens (including phenoxy) is 2. The minimum absolute atomic E-state index is 0.338. The maximum absolute atomic E-state index is 5.70. The molecule has 0 amide bonds. The van der Waals surface area contributed by atoms with Crippen molar-refractivity contribution < 1.29 is 9.47 Å². The largest absolute Gasteiger partial charge is 0.378 e. The van der Waals surface area contributed by atoms with Gasteiger partial charge in [0.2, 0.25) is 0 Å². The molecule has 1 heterocycles. The van der Waals surface area contributed by atoms with Gasteiger partial charge in [-0.3, -0.25) is 0 Å². The molecule has 0 aromatic heterocycles. The second kappa shape index (κ2) is 5.84. The topological polar surface area (TPSA) is 18.5 Å². The van der Waals surface area contributed by atoms with Crippen LogP contribution in [-0.4, -0.2) is 30.8 Å². The van der Waals surface area contributed by atoms with E-state index in [0.29, 0.717) is 24.2 Å². The molecular formula is C10H19ClO2. The van der Waals surface area contributed by atoms with Gasteiger partial charge >= 0.3 is 0 Å². The molecule has 1 aliphatic heterocycles. The first-order valence-electron chi connectivity index (χ1n) is 5.05. The van der Waals surface area contributed by atoms with Crippen molar-refractivity contribution in [1.29, 1.82) is 0 Å². The Labute approximate surface area is 85.5 Å². The summed E-state index contributed by atoms with van der Waals surface area (Å²) < 4.78 is 11.3. The van der Waals surface area contributed by atoms with Crippen LogP contribution in [0.3, 0.4) is 0 Å². The lowest BCUT2D eigenvalue weighted by Crippen LogP contribution is -2.34. The third-order valence-electron chi connectivity index (χ3n) is 2.29. The van der Waals surface area contributed by atoms with Crippen molar-refractivity contribution in [3.05, 3.63) is 0 Å². The zero-order chi connectivity index (χ0) is 9.68. The molecule has 0 saturated carbocycles. The third-order valence-corrected chi connectivity index (χ3v) is 2.55. The Balaban J connectivity index is 2.17. The van der Waals surface area contributed by atoms with E-state index in [1.54, 1.807) is 0 Å². The van der Waals surface area contributed by atoms with Gasteiger partial charge in [-0.2, -0.15) is 0 Å². The molecule has 1 aliphatic rings. The minimum atomic E-state index is 0.338. The lowest BCUT2D eigenvalue weighted by molar-refractivity contribution is -0.101. The van der Waals surface area contributed by atoms with E-state index in [2.05, 4.69) is 13.8 Å². The maximum atomic E-state index is 5.70. The zero-order valence-electron chi connectivity index (χ0n) is 8.46. The fraction of sp³-hybridized carbons (Fsp3) is 1.00. The maximum Gasteiger partial charge on any atom is 0.0624 e. The van der Waals surface area contributed by atoms with E-state index in [0.717, 1.165) is 25.9 Å². The highest BCUT2D eigenvalue weighted by Crippen LogP contribution is 2.21. The van der Waals surface area contributed by atoms with Crippen LogP contribution in [0.5, 0.6) is 0 Å². The molecule has 0 spiro atoms. The van der Waals surface area contributed by atoms with E-state index in [1.807, 2.05) is 0 Å². The Morgan fingerprint density at radius 2 is 1.92 bits per heavy atom. The summed E-state index contributed by atoms with van der Waals surface area (Å²) in [6.07, 6.45) is 4.04. The van der Waals surface area contributed by atoms with Crippen molar-refractivity contribution in [2.45, 2.75) is 51.4 Å². The molecule has 0 aromatic carbocycles. The van der Waals surface area contributed by atoms with Crippen LogP contribution in [0.25, 0.3) is 0 Å². The van der Waals surface area contributed by atoms with Gasteiger partial charge in [-0.15, -0.1) is 11.6 Å². The molecule has 13 heavy (non-hydrogen) atoms. The fourth-order valence-electron chi connectivity index (χ4n) is 1.78. The molecule has 0 bridgehead atoms. The molecule has 0 radical (unpaired) electrons. The second-order valence-corrected chi connectivity index (χ2v) is 4.14. The van der Waals surface area contributed by atoms with Gasteiger partial charge in [-0.1, -0.05) is 0 Å². The predicted molar refractivity (Wildman–Crippen MR) is 54.3 cm³/mol. The van der Waals surface area contributed by atoms with Gasteiger partial charge in [0.1, 0.15) is 0 Å². The summed E-state index contributed by atoms with van der Waals surface area (Å²) in [7, 11) is 0. The van der Waals surface area contributed by atoms with Crippen molar-refractivity contribution in [2.24, 2.45) is 0 Å². The molecular weight excluding hydrogens is 188 g/mol. The average Bonchev–Trinajstić information content (AvgIpc) is 2.03. The Morgan fingerprint density at radius 1 is 1.31 bits per heavy atom.